The first-order valence-corrected chi connectivity index (χ1v) is 5.02. The number of aryl methyl sites for hydroxylation is 1. The maximum Gasteiger partial charge on any atom is 0.341 e. The van der Waals surface area contributed by atoms with Crippen molar-refractivity contribution in [3.05, 3.63) is 47.5 Å². The van der Waals surface area contributed by atoms with Gasteiger partial charge in [0.25, 0.3) is 0 Å². The third-order valence-corrected chi connectivity index (χ3v) is 2.27. The molecule has 0 amide bonds. The van der Waals surface area contributed by atoms with Crippen LogP contribution < -0.4 is 4.74 Å². The summed E-state index contributed by atoms with van der Waals surface area (Å²) in [6.07, 6.45) is 3.04. The summed E-state index contributed by atoms with van der Waals surface area (Å²) in [4.78, 5) is 15.0. The van der Waals surface area contributed by atoms with Gasteiger partial charge in [0.05, 0.1) is 6.26 Å². The Balaban J connectivity index is 2.21. The number of rotatable bonds is 4. The van der Waals surface area contributed by atoms with Crippen LogP contribution >= 0.6 is 0 Å². The van der Waals surface area contributed by atoms with E-state index in [-0.39, 0.29) is 18.1 Å². The van der Waals surface area contributed by atoms with Crippen molar-refractivity contribution in [3.63, 3.8) is 0 Å². The van der Waals surface area contributed by atoms with E-state index in [4.69, 9.17) is 14.3 Å². The van der Waals surface area contributed by atoms with Gasteiger partial charge < -0.3 is 14.3 Å². The first kappa shape index (κ1) is 11.2. The van der Waals surface area contributed by atoms with Crippen LogP contribution in [0.25, 0.3) is 0 Å². The quantitative estimate of drug-likeness (QED) is 0.876. The molecule has 0 aliphatic carbocycles. The van der Waals surface area contributed by atoms with E-state index in [2.05, 4.69) is 4.98 Å². The van der Waals surface area contributed by atoms with E-state index in [0.717, 1.165) is 0 Å². The third-order valence-electron chi connectivity index (χ3n) is 2.27. The van der Waals surface area contributed by atoms with Crippen molar-refractivity contribution in [3.8, 4) is 5.88 Å². The zero-order valence-electron chi connectivity index (χ0n) is 9.21. The molecular weight excluding hydrogens is 222 g/mol. The summed E-state index contributed by atoms with van der Waals surface area (Å²) in [6.45, 7) is 1.86. The molecule has 2 heterocycles. The molecule has 17 heavy (non-hydrogen) atoms. The molecule has 0 aromatic carbocycles. The molecular formula is C12H11NO4. The Bertz CT molecular complexity index is 519. The van der Waals surface area contributed by atoms with Gasteiger partial charge in [-0.25, -0.2) is 9.78 Å². The van der Waals surface area contributed by atoms with Crippen molar-refractivity contribution in [2.24, 2.45) is 0 Å². The smallest absolute Gasteiger partial charge is 0.341 e. The molecule has 2 aromatic rings. The Kier molecular flexibility index (Phi) is 3.09. The van der Waals surface area contributed by atoms with Crippen molar-refractivity contribution in [2.75, 3.05) is 0 Å². The minimum Gasteiger partial charge on any atom is -0.477 e. The van der Waals surface area contributed by atoms with Gasteiger partial charge in [-0.2, -0.15) is 0 Å². The highest BCUT2D eigenvalue weighted by Gasteiger charge is 2.15. The van der Waals surface area contributed by atoms with Crippen LogP contribution in [0.4, 0.5) is 0 Å². The molecule has 2 aromatic heterocycles. The van der Waals surface area contributed by atoms with Crippen molar-refractivity contribution < 1.29 is 19.1 Å². The SMILES string of the molecule is Cc1ccnc(OCc2ccco2)c1C(=O)O. The number of carboxylic acids is 1. The Morgan fingerprint density at radius 2 is 2.35 bits per heavy atom. The minimum atomic E-state index is -1.05. The molecule has 0 unspecified atom stereocenters. The first-order chi connectivity index (χ1) is 8.18. The standard InChI is InChI=1S/C12H11NO4/c1-8-4-5-13-11(10(8)12(14)15)17-7-9-3-2-6-16-9/h2-6H,7H2,1H3,(H,14,15). The zero-order valence-corrected chi connectivity index (χ0v) is 9.21. The molecule has 88 valence electrons. The van der Waals surface area contributed by atoms with Gasteiger partial charge in [0.1, 0.15) is 17.9 Å². The fourth-order valence-corrected chi connectivity index (χ4v) is 1.44. The fraction of sp³-hybridized carbons (Fsp3) is 0.167. The molecule has 0 spiro atoms. The van der Waals surface area contributed by atoms with E-state index in [0.29, 0.717) is 11.3 Å². The number of carbonyl (C=O) groups is 1. The Morgan fingerprint density at radius 1 is 1.53 bits per heavy atom. The van der Waals surface area contributed by atoms with Crippen LogP contribution in [-0.2, 0) is 6.61 Å². The summed E-state index contributed by atoms with van der Waals surface area (Å²) in [6, 6.07) is 5.11. The number of hydrogen-bond donors (Lipinski definition) is 1. The van der Waals surface area contributed by atoms with E-state index in [1.807, 2.05) is 0 Å². The second kappa shape index (κ2) is 4.69. The molecule has 0 fully saturated rings. The summed E-state index contributed by atoms with van der Waals surface area (Å²) >= 11 is 0. The topological polar surface area (TPSA) is 72.6 Å². The summed E-state index contributed by atoms with van der Waals surface area (Å²) < 4.78 is 10.4. The molecule has 0 saturated heterocycles. The molecule has 5 nitrogen and oxygen atoms in total. The van der Waals surface area contributed by atoms with Gasteiger partial charge >= 0.3 is 5.97 Å². The highest BCUT2D eigenvalue weighted by molar-refractivity contribution is 5.91. The van der Waals surface area contributed by atoms with E-state index in [1.165, 1.54) is 12.5 Å². The highest BCUT2D eigenvalue weighted by Crippen LogP contribution is 2.20. The van der Waals surface area contributed by atoms with Gasteiger partial charge in [-0.05, 0) is 30.7 Å². The molecule has 0 atom stereocenters. The van der Waals surface area contributed by atoms with Crippen molar-refractivity contribution in [1.29, 1.82) is 0 Å². The van der Waals surface area contributed by atoms with Crippen molar-refractivity contribution in [2.45, 2.75) is 13.5 Å². The number of carboxylic acid groups (broad SMARTS) is 1. The molecule has 2 rings (SSSR count). The second-order valence-corrected chi connectivity index (χ2v) is 3.48. The van der Waals surface area contributed by atoms with Gasteiger partial charge in [-0.1, -0.05) is 0 Å². The van der Waals surface area contributed by atoms with E-state index in [9.17, 15) is 4.79 Å². The minimum absolute atomic E-state index is 0.0825. The van der Waals surface area contributed by atoms with Crippen LogP contribution in [0.15, 0.2) is 35.1 Å². The second-order valence-electron chi connectivity index (χ2n) is 3.48. The number of ether oxygens (including phenoxy) is 1. The summed E-state index contributed by atoms with van der Waals surface area (Å²) in [7, 11) is 0. The lowest BCUT2D eigenvalue weighted by Crippen LogP contribution is -2.07. The number of aromatic carboxylic acids is 1. The lowest BCUT2D eigenvalue weighted by Gasteiger charge is -2.08. The van der Waals surface area contributed by atoms with E-state index in [1.54, 1.807) is 25.1 Å². The number of hydrogen-bond acceptors (Lipinski definition) is 4. The predicted octanol–water partition coefficient (Wildman–Crippen LogP) is 2.26. The molecule has 0 aliphatic heterocycles. The van der Waals surface area contributed by atoms with Gasteiger partial charge in [-0.3, -0.25) is 0 Å². The van der Waals surface area contributed by atoms with Crippen LogP contribution in [0.1, 0.15) is 21.7 Å². The average molecular weight is 233 g/mol. The van der Waals surface area contributed by atoms with E-state index >= 15 is 0 Å². The van der Waals surface area contributed by atoms with E-state index < -0.39 is 5.97 Å². The van der Waals surface area contributed by atoms with Crippen LogP contribution in [0.5, 0.6) is 5.88 Å². The zero-order chi connectivity index (χ0) is 12.3. The number of nitrogens with zero attached hydrogens (tertiary/aromatic N) is 1. The molecule has 0 radical (unpaired) electrons. The van der Waals surface area contributed by atoms with Gasteiger partial charge in [-0.15, -0.1) is 0 Å². The van der Waals surface area contributed by atoms with Gasteiger partial charge in [0.2, 0.25) is 5.88 Å². The lowest BCUT2D eigenvalue weighted by molar-refractivity contribution is 0.0689. The molecule has 0 saturated carbocycles. The van der Waals surface area contributed by atoms with Crippen molar-refractivity contribution >= 4 is 5.97 Å². The van der Waals surface area contributed by atoms with Crippen LogP contribution in [0.3, 0.4) is 0 Å². The Labute approximate surface area is 97.7 Å². The summed E-state index contributed by atoms with van der Waals surface area (Å²) in [5, 5.41) is 9.06. The number of furan rings is 1. The average Bonchev–Trinajstić information content (AvgIpc) is 2.78. The lowest BCUT2D eigenvalue weighted by atomic mass is 10.1. The summed E-state index contributed by atoms with van der Waals surface area (Å²) in [5.41, 5.74) is 0.695. The predicted molar refractivity (Wildman–Crippen MR) is 59.0 cm³/mol. The van der Waals surface area contributed by atoms with Crippen LogP contribution in [0, 0.1) is 6.92 Å². The molecule has 5 heteroatoms. The van der Waals surface area contributed by atoms with Gasteiger partial charge in [0, 0.05) is 6.20 Å². The monoisotopic (exact) mass is 233 g/mol. The largest absolute Gasteiger partial charge is 0.477 e. The highest BCUT2D eigenvalue weighted by atomic mass is 16.5. The molecule has 0 aliphatic rings. The van der Waals surface area contributed by atoms with Crippen molar-refractivity contribution in [1.82, 2.24) is 4.98 Å². The number of aromatic nitrogens is 1. The Hall–Kier alpha value is -2.30. The van der Waals surface area contributed by atoms with Gasteiger partial charge in [0.15, 0.2) is 0 Å². The fourth-order valence-electron chi connectivity index (χ4n) is 1.44. The number of pyridine rings is 1. The maximum atomic E-state index is 11.1. The summed E-state index contributed by atoms with van der Waals surface area (Å²) in [5.74, 6) is -0.330. The molecule has 0 bridgehead atoms. The third kappa shape index (κ3) is 2.44. The Morgan fingerprint density at radius 3 is 3.00 bits per heavy atom. The van der Waals surface area contributed by atoms with Crippen LogP contribution in [-0.4, -0.2) is 16.1 Å². The normalized spacial score (nSPS) is 10.2. The first-order valence-electron chi connectivity index (χ1n) is 5.02. The molecule has 1 N–H and O–H groups in total. The maximum absolute atomic E-state index is 11.1. The van der Waals surface area contributed by atoms with Crippen LogP contribution in [0.2, 0.25) is 0 Å².